The molecule has 2 aromatic rings. The summed E-state index contributed by atoms with van der Waals surface area (Å²) in [6.07, 6.45) is 4.66. The van der Waals surface area contributed by atoms with Crippen LogP contribution in [0.5, 0.6) is 5.75 Å². The van der Waals surface area contributed by atoms with Crippen molar-refractivity contribution in [2.24, 2.45) is 5.73 Å². The zero-order valence-electron chi connectivity index (χ0n) is 12.1. The highest BCUT2D eigenvalue weighted by Gasteiger charge is 2.04. The molecule has 0 saturated heterocycles. The summed E-state index contributed by atoms with van der Waals surface area (Å²) in [5.41, 5.74) is 6.95. The number of rotatable bonds is 7. The minimum Gasteiger partial charge on any atom is -0.486 e. The van der Waals surface area contributed by atoms with Gasteiger partial charge in [-0.15, -0.1) is 11.3 Å². The SMILES string of the molecule is CCc1ccc(COc2ccc(CC(N)CC)nc2)s1. The molecule has 3 nitrogen and oxygen atoms in total. The van der Waals surface area contributed by atoms with E-state index in [1.807, 2.05) is 12.1 Å². The second-order valence-corrected chi connectivity index (χ2v) is 6.12. The first-order chi connectivity index (χ1) is 9.71. The summed E-state index contributed by atoms with van der Waals surface area (Å²) in [6, 6.07) is 8.45. The van der Waals surface area contributed by atoms with Gasteiger partial charge in [-0.25, -0.2) is 0 Å². The second-order valence-electron chi connectivity index (χ2n) is 4.87. The van der Waals surface area contributed by atoms with Crippen molar-refractivity contribution >= 4 is 11.3 Å². The topological polar surface area (TPSA) is 48.1 Å². The lowest BCUT2D eigenvalue weighted by molar-refractivity contribution is 0.308. The Kier molecular flexibility index (Phi) is 5.56. The Hall–Kier alpha value is -1.39. The van der Waals surface area contributed by atoms with Crippen molar-refractivity contribution in [3.63, 3.8) is 0 Å². The van der Waals surface area contributed by atoms with Crippen molar-refractivity contribution in [1.82, 2.24) is 4.98 Å². The van der Waals surface area contributed by atoms with Crippen LogP contribution in [0.2, 0.25) is 0 Å². The van der Waals surface area contributed by atoms with E-state index >= 15 is 0 Å². The molecule has 2 N–H and O–H groups in total. The fraction of sp³-hybridized carbons (Fsp3) is 0.438. The van der Waals surface area contributed by atoms with Crippen LogP contribution < -0.4 is 10.5 Å². The summed E-state index contributed by atoms with van der Waals surface area (Å²) in [6.45, 7) is 4.87. The highest BCUT2D eigenvalue weighted by Crippen LogP contribution is 2.19. The zero-order chi connectivity index (χ0) is 14.4. The second kappa shape index (κ2) is 7.41. The average Bonchev–Trinajstić information content (AvgIpc) is 2.94. The summed E-state index contributed by atoms with van der Waals surface area (Å²) in [5.74, 6) is 0.810. The van der Waals surface area contributed by atoms with Gasteiger partial charge in [-0.3, -0.25) is 4.98 Å². The molecular weight excluding hydrogens is 268 g/mol. The summed E-state index contributed by atoms with van der Waals surface area (Å²) < 4.78 is 5.75. The summed E-state index contributed by atoms with van der Waals surface area (Å²) >= 11 is 1.80. The zero-order valence-corrected chi connectivity index (χ0v) is 13.0. The third kappa shape index (κ3) is 4.32. The summed E-state index contributed by atoms with van der Waals surface area (Å²) in [4.78, 5) is 7.04. The van der Waals surface area contributed by atoms with E-state index in [-0.39, 0.29) is 6.04 Å². The highest BCUT2D eigenvalue weighted by molar-refractivity contribution is 7.11. The largest absolute Gasteiger partial charge is 0.486 e. The lowest BCUT2D eigenvalue weighted by Gasteiger charge is -2.09. The van der Waals surface area contributed by atoms with Crippen molar-refractivity contribution in [3.05, 3.63) is 45.9 Å². The van der Waals surface area contributed by atoms with E-state index in [0.29, 0.717) is 6.61 Å². The number of nitrogens with two attached hydrogens (primary N) is 1. The molecule has 4 heteroatoms. The van der Waals surface area contributed by atoms with Gasteiger partial charge in [-0.2, -0.15) is 0 Å². The quantitative estimate of drug-likeness (QED) is 0.848. The van der Waals surface area contributed by atoms with E-state index in [1.54, 1.807) is 17.5 Å². The number of thiophene rings is 1. The molecule has 0 fully saturated rings. The van der Waals surface area contributed by atoms with Crippen molar-refractivity contribution < 1.29 is 4.74 Å². The summed E-state index contributed by atoms with van der Waals surface area (Å²) in [7, 11) is 0. The van der Waals surface area contributed by atoms with E-state index in [0.717, 1.165) is 30.7 Å². The number of hydrogen-bond donors (Lipinski definition) is 1. The van der Waals surface area contributed by atoms with Gasteiger partial charge in [0.25, 0.3) is 0 Å². The van der Waals surface area contributed by atoms with Crippen LogP contribution in [0.3, 0.4) is 0 Å². The van der Waals surface area contributed by atoms with E-state index in [2.05, 4.69) is 31.0 Å². The van der Waals surface area contributed by atoms with Crippen LogP contribution in [0, 0.1) is 0 Å². The lowest BCUT2D eigenvalue weighted by atomic mass is 10.1. The Balaban J connectivity index is 1.87. The molecule has 1 unspecified atom stereocenters. The third-order valence-electron chi connectivity index (χ3n) is 3.24. The van der Waals surface area contributed by atoms with E-state index in [4.69, 9.17) is 10.5 Å². The molecule has 0 saturated carbocycles. The predicted octanol–water partition coefficient (Wildman–Crippen LogP) is 3.56. The molecule has 0 amide bonds. The van der Waals surface area contributed by atoms with Crippen molar-refractivity contribution in [1.29, 1.82) is 0 Å². The fourth-order valence-electron chi connectivity index (χ4n) is 1.87. The molecule has 2 heterocycles. The van der Waals surface area contributed by atoms with Crippen LogP contribution in [-0.2, 0) is 19.4 Å². The molecule has 0 aliphatic rings. The molecule has 0 aromatic carbocycles. The van der Waals surface area contributed by atoms with Gasteiger partial charge in [0.05, 0.1) is 6.20 Å². The maximum absolute atomic E-state index is 5.92. The van der Waals surface area contributed by atoms with Crippen LogP contribution in [0.1, 0.15) is 35.7 Å². The molecule has 0 aliphatic carbocycles. The molecule has 108 valence electrons. The molecule has 0 bridgehead atoms. The first-order valence-electron chi connectivity index (χ1n) is 7.12. The Morgan fingerprint density at radius 2 is 2.00 bits per heavy atom. The highest BCUT2D eigenvalue weighted by atomic mass is 32.1. The van der Waals surface area contributed by atoms with Gasteiger partial charge >= 0.3 is 0 Å². The Labute approximate surface area is 124 Å². The first-order valence-corrected chi connectivity index (χ1v) is 7.93. The monoisotopic (exact) mass is 290 g/mol. The lowest BCUT2D eigenvalue weighted by Crippen LogP contribution is -2.21. The van der Waals surface area contributed by atoms with Crippen LogP contribution in [0.4, 0.5) is 0 Å². The molecule has 0 aliphatic heterocycles. The molecule has 2 aromatic heterocycles. The third-order valence-corrected chi connectivity index (χ3v) is 4.44. The number of ether oxygens (including phenoxy) is 1. The molecule has 2 rings (SSSR count). The number of hydrogen-bond acceptors (Lipinski definition) is 4. The van der Waals surface area contributed by atoms with Gasteiger partial charge in [-0.05, 0) is 37.1 Å². The fourth-order valence-corrected chi connectivity index (χ4v) is 2.75. The van der Waals surface area contributed by atoms with E-state index in [9.17, 15) is 0 Å². The van der Waals surface area contributed by atoms with E-state index in [1.165, 1.54) is 9.75 Å². The van der Waals surface area contributed by atoms with Gasteiger partial charge in [0.2, 0.25) is 0 Å². The van der Waals surface area contributed by atoms with Crippen molar-refractivity contribution in [3.8, 4) is 5.75 Å². The molecule has 0 radical (unpaired) electrons. The van der Waals surface area contributed by atoms with Crippen molar-refractivity contribution in [2.45, 2.75) is 45.8 Å². The molecule has 0 spiro atoms. The van der Waals surface area contributed by atoms with Gasteiger partial charge in [0.15, 0.2) is 0 Å². The number of aryl methyl sites for hydroxylation is 1. The van der Waals surface area contributed by atoms with Crippen molar-refractivity contribution in [2.75, 3.05) is 0 Å². The Morgan fingerprint density at radius 1 is 1.20 bits per heavy atom. The van der Waals surface area contributed by atoms with Crippen LogP contribution >= 0.6 is 11.3 Å². The molecule has 20 heavy (non-hydrogen) atoms. The minimum atomic E-state index is 0.188. The molecular formula is C16H22N2OS. The van der Waals surface area contributed by atoms with E-state index < -0.39 is 0 Å². The van der Waals surface area contributed by atoms with Crippen LogP contribution in [-0.4, -0.2) is 11.0 Å². The Morgan fingerprint density at radius 3 is 2.60 bits per heavy atom. The molecule has 1 atom stereocenters. The smallest absolute Gasteiger partial charge is 0.138 e. The first kappa shape index (κ1) is 15.0. The van der Waals surface area contributed by atoms with Gasteiger partial charge in [-0.1, -0.05) is 13.8 Å². The van der Waals surface area contributed by atoms with Crippen LogP contribution in [0.25, 0.3) is 0 Å². The maximum atomic E-state index is 5.92. The summed E-state index contributed by atoms with van der Waals surface area (Å²) in [5, 5.41) is 0. The normalized spacial score (nSPS) is 12.3. The average molecular weight is 290 g/mol. The number of aromatic nitrogens is 1. The maximum Gasteiger partial charge on any atom is 0.138 e. The number of nitrogens with zero attached hydrogens (tertiary/aromatic N) is 1. The standard InChI is InChI=1S/C16H22N2OS/c1-3-12(17)9-13-5-6-14(10-18-13)19-11-16-8-7-15(4-2)20-16/h5-8,10,12H,3-4,9,11,17H2,1-2H3. The van der Waals surface area contributed by atoms with Gasteiger partial charge in [0.1, 0.15) is 12.4 Å². The van der Waals surface area contributed by atoms with Gasteiger partial charge < -0.3 is 10.5 Å². The minimum absolute atomic E-state index is 0.188. The Bertz CT molecular complexity index is 522. The van der Waals surface area contributed by atoms with Crippen LogP contribution in [0.15, 0.2) is 30.5 Å². The number of pyridine rings is 1. The predicted molar refractivity (Wildman–Crippen MR) is 84.2 cm³/mol. The van der Waals surface area contributed by atoms with Gasteiger partial charge in [0, 0.05) is 27.9 Å².